The average molecular weight is 308 g/mol. The molecule has 1 fully saturated rings. The summed E-state index contributed by atoms with van der Waals surface area (Å²) >= 11 is 0. The minimum atomic E-state index is 0. The van der Waals surface area contributed by atoms with Crippen molar-refractivity contribution in [3.8, 4) is 0 Å². The van der Waals surface area contributed by atoms with Gasteiger partial charge in [-0.1, -0.05) is 35.5 Å². The van der Waals surface area contributed by atoms with Gasteiger partial charge < -0.3 is 9.84 Å². The van der Waals surface area contributed by atoms with E-state index in [1.165, 1.54) is 5.56 Å². The molecule has 4 nitrogen and oxygen atoms in total. The van der Waals surface area contributed by atoms with Crippen molar-refractivity contribution in [3.05, 3.63) is 47.6 Å². The number of nitrogens with zero attached hydrogens (tertiary/aromatic N) is 2. The van der Waals surface area contributed by atoms with Crippen LogP contribution in [0.1, 0.15) is 43.0 Å². The fraction of sp³-hybridized carbons (Fsp3) is 0.500. The van der Waals surface area contributed by atoms with Crippen LogP contribution < -0.4 is 5.32 Å². The summed E-state index contributed by atoms with van der Waals surface area (Å²) in [5.74, 6) is 2.07. The molecule has 2 heterocycles. The second kappa shape index (κ2) is 7.57. The molecule has 2 atom stereocenters. The van der Waals surface area contributed by atoms with Crippen molar-refractivity contribution < 1.29 is 4.52 Å². The minimum absolute atomic E-state index is 0. The molecule has 21 heavy (non-hydrogen) atoms. The van der Waals surface area contributed by atoms with E-state index in [0.717, 1.165) is 43.9 Å². The SMILES string of the molecule is C[C@H]1C[C@@H](c2nc(CCc3ccccc3)no2)CCN1.Cl. The highest BCUT2D eigenvalue weighted by Crippen LogP contribution is 2.26. The zero-order chi connectivity index (χ0) is 13.8. The first-order chi connectivity index (χ1) is 9.81. The molecule has 5 heteroatoms. The molecule has 0 aliphatic carbocycles. The van der Waals surface area contributed by atoms with Gasteiger partial charge in [0.25, 0.3) is 0 Å². The predicted octanol–water partition coefficient (Wildman–Crippen LogP) is 3.13. The van der Waals surface area contributed by atoms with Crippen molar-refractivity contribution in [2.75, 3.05) is 6.54 Å². The molecule has 0 amide bonds. The van der Waals surface area contributed by atoms with Crippen molar-refractivity contribution in [1.82, 2.24) is 15.5 Å². The lowest BCUT2D eigenvalue weighted by Crippen LogP contribution is -2.34. The van der Waals surface area contributed by atoms with E-state index in [-0.39, 0.29) is 12.4 Å². The zero-order valence-corrected chi connectivity index (χ0v) is 13.1. The number of nitrogens with one attached hydrogen (secondary N) is 1. The molecule has 0 bridgehead atoms. The third-order valence-electron chi connectivity index (χ3n) is 3.94. The van der Waals surface area contributed by atoms with Crippen molar-refractivity contribution in [2.45, 2.75) is 44.6 Å². The third-order valence-corrected chi connectivity index (χ3v) is 3.94. The molecule has 0 saturated carbocycles. The quantitative estimate of drug-likeness (QED) is 0.943. The van der Waals surface area contributed by atoms with Gasteiger partial charge in [-0.2, -0.15) is 4.98 Å². The Bertz CT molecular complexity index is 543. The molecule has 1 aromatic carbocycles. The predicted molar refractivity (Wildman–Crippen MR) is 84.8 cm³/mol. The maximum Gasteiger partial charge on any atom is 0.229 e. The van der Waals surface area contributed by atoms with Crippen molar-refractivity contribution in [2.24, 2.45) is 0 Å². The fourth-order valence-corrected chi connectivity index (χ4v) is 2.79. The molecule has 1 aromatic heterocycles. The number of hydrogen-bond acceptors (Lipinski definition) is 4. The van der Waals surface area contributed by atoms with Gasteiger partial charge in [0.2, 0.25) is 5.89 Å². The molecule has 0 unspecified atom stereocenters. The van der Waals surface area contributed by atoms with Crippen LogP contribution in [0.4, 0.5) is 0 Å². The first-order valence-corrected chi connectivity index (χ1v) is 7.41. The molecule has 1 N–H and O–H groups in total. The summed E-state index contributed by atoms with van der Waals surface area (Å²) in [6, 6.07) is 11.0. The first kappa shape index (κ1) is 16.0. The van der Waals surface area contributed by atoms with E-state index in [9.17, 15) is 0 Å². The highest BCUT2D eigenvalue weighted by atomic mass is 35.5. The Morgan fingerprint density at radius 1 is 1.24 bits per heavy atom. The minimum Gasteiger partial charge on any atom is -0.339 e. The summed E-state index contributed by atoms with van der Waals surface area (Å²) in [6.45, 7) is 3.24. The number of hydrogen-bond donors (Lipinski definition) is 1. The van der Waals surface area contributed by atoms with E-state index in [4.69, 9.17) is 4.52 Å². The van der Waals surface area contributed by atoms with E-state index >= 15 is 0 Å². The second-order valence-corrected chi connectivity index (χ2v) is 5.61. The number of benzene rings is 1. The van der Waals surface area contributed by atoms with Crippen molar-refractivity contribution in [3.63, 3.8) is 0 Å². The monoisotopic (exact) mass is 307 g/mol. The third kappa shape index (κ3) is 4.29. The number of piperidine rings is 1. The lowest BCUT2D eigenvalue weighted by molar-refractivity contribution is 0.294. The van der Waals surface area contributed by atoms with Crippen molar-refractivity contribution in [1.29, 1.82) is 0 Å². The van der Waals surface area contributed by atoms with Crippen LogP contribution in [-0.2, 0) is 12.8 Å². The van der Waals surface area contributed by atoms with E-state index in [1.54, 1.807) is 0 Å². The lowest BCUT2D eigenvalue weighted by Gasteiger charge is -2.25. The molecule has 0 radical (unpaired) electrons. The Morgan fingerprint density at radius 2 is 2.05 bits per heavy atom. The summed E-state index contributed by atoms with van der Waals surface area (Å²) in [4.78, 5) is 4.58. The Hall–Kier alpha value is -1.39. The zero-order valence-electron chi connectivity index (χ0n) is 12.3. The largest absolute Gasteiger partial charge is 0.339 e. The van der Waals surface area contributed by atoms with Gasteiger partial charge in [0.15, 0.2) is 5.82 Å². The normalized spacial score (nSPS) is 21.8. The van der Waals surface area contributed by atoms with Gasteiger partial charge in [0.05, 0.1) is 0 Å². The summed E-state index contributed by atoms with van der Waals surface area (Å²) in [7, 11) is 0. The van der Waals surface area contributed by atoms with Crippen LogP contribution in [0.25, 0.3) is 0 Å². The molecule has 114 valence electrons. The Kier molecular flexibility index (Phi) is 5.76. The molecule has 1 aliphatic rings. The number of halogens is 1. The van der Waals surface area contributed by atoms with Gasteiger partial charge in [0, 0.05) is 18.4 Å². The standard InChI is InChI=1S/C16H21N3O.ClH/c1-12-11-14(9-10-17-12)16-18-15(19-20-16)8-7-13-5-3-2-4-6-13;/h2-6,12,14,17H,7-11H2,1H3;1H/t12-,14-;/m0./s1. The molecular weight excluding hydrogens is 286 g/mol. The van der Waals surface area contributed by atoms with Gasteiger partial charge in [0.1, 0.15) is 0 Å². The molecule has 1 aliphatic heterocycles. The molecule has 2 aromatic rings. The van der Waals surface area contributed by atoms with Gasteiger partial charge in [-0.05, 0) is 38.3 Å². The number of rotatable bonds is 4. The molecule has 3 rings (SSSR count). The lowest BCUT2D eigenvalue weighted by atomic mass is 9.93. The van der Waals surface area contributed by atoms with E-state index in [2.05, 4.69) is 46.6 Å². The Morgan fingerprint density at radius 3 is 2.81 bits per heavy atom. The van der Waals surface area contributed by atoms with Crippen LogP contribution in [0.15, 0.2) is 34.9 Å². The van der Waals surface area contributed by atoms with Gasteiger partial charge in [-0.15, -0.1) is 12.4 Å². The first-order valence-electron chi connectivity index (χ1n) is 7.41. The maximum atomic E-state index is 5.45. The van der Waals surface area contributed by atoms with Crippen LogP contribution in [0.2, 0.25) is 0 Å². The molecule has 0 spiro atoms. The van der Waals surface area contributed by atoms with Crippen molar-refractivity contribution >= 4 is 12.4 Å². The average Bonchev–Trinajstić information content (AvgIpc) is 2.95. The Balaban J connectivity index is 0.00000161. The maximum absolute atomic E-state index is 5.45. The summed E-state index contributed by atoms with van der Waals surface area (Å²) in [5, 5.41) is 7.57. The van der Waals surface area contributed by atoms with E-state index < -0.39 is 0 Å². The number of aryl methyl sites for hydroxylation is 2. The summed E-state index contributed by atoms with van der Waals surface area (Å²) in [5.41, 5.74) is 1.31. The second-order valence-electron chi connectivity index (χ2n) is 5.61. The number of aromatic nitrogens is 2. The Labute approximate surface area is 131 Å². The highest BCUT2D eigenvalue weighted by Gasteiger charge is 2.24. The summed E-state index contributed by atoms with van der Waals surface area (Å²) < 4.78 is 5.45. The van der Waals surface area contributed by atoms with Crippen LogP contribution in [0, 0.1) is 0 Å². The smallest absolute Gasteiger partial charge is 0.229 e. The van der Waals surface area contributed by atoms with Crippen LogP contribution >= 0.6 is 12.4 Å². The molecular formula is C16H22ClN3O. The topological polar surface area (TPSA) is 51.0 Å². The van der Waals surface area contributed by atoms with Crippen LogP contribution in [0.3, 0.4) is 0 Å². The van der Waals surface area contributed by atoms with Gasteiger partial charge >= 0.3 is 0 Å². The van der Waals surface area contributed by atoms with E-state index in [1.807, 2.05) is 6.07 Å². The molecule has 1 saturated heterocycles. The van der Waals surface area contributed by atoms with Gasteiger partial charge in [-0.3, -0.25) is 0 Å². The van der Waals surface area contributed by atoms with Gasteiger partial charge in [-0.25, -0.2) is 0 Å². The van der Waals surface area contributed by atoms with Crippen LogP contribution in [0.5, 0.6) is 0 Å². The summed E-state index contributed by atoms with van der Waals surface area (Å²) in [6.07, 6.45) is 3.97. The highest BCUT2D eigenvalue weighted by molar-refractivity contribution is 5.85. The fourth-order valence-electron chi connectivity index (χ4n) is 2.79. The van der Waals surface area contributed by atoms with Crippen LogP contribution in [-0.4, -0.2) is 22.7 Å². The van der Waals surface area contributed by atoms with E-state index in [0.29, 0.717) is 12.0 Å².